The van der Waals surface area contributed by atoms with Crippen molar-refractivity contribution >= 4 is 5.97 Å². The molecule has 0 saturated carbocycles. The molecular formula is C12H20O4. The average molecular weight is 228 g/mol. The molecule has 0 aliphatic carbocycles. The summed E-state index contributed by atoms with van der Waals surface area (Å²) in [6.45, 7) is 5.07. The van der Waals surface area contributed by atoms with Crippen LogP contribution in [-0.4, -0.2) is 37.0 Å². The summed E-state index contributed by atoms with van der Waals surface area (Å²) < 4.78 is 16.2. The Kier molecular flexibility index (Phi) is 3.50. The van der Waals surface area contributed by atoms with Gasteiger partial charge in [0.25, 0.3) is 0 Å². The Morgan fingerprint density at radius 3 is 3.00 bits per heavy atom. The molecule has 3 unspecified atom stereocenters. The molecule has 0 aromatic heterocycles. The maximum absolute atomic E-state index is 11.6. The van der Waals surface area contributed by atoms with Crippen LogP contribution in [0.1, 0.15) is 39.5 Å². The Balaban J connectivity index is 1.88. The van der Waals surface area contributed by atoms with Crippen LogP contribution in [0.2, 0.25) is 0 Å². The molecular weight excluding hydrogens is 208 g/mol. The third-order valence-corrected chi connectivity index (χ3v) is 3.34. The minimum atomic E-state index is -0.337. The molecule has 0 bridgehead atoms. The van der Waals surface area contributed by atoms with E-state index >= 15 is 0 Å². The first kappa shape index (κ1) is 11.9. The monoisotopic (exact) mass is 228 g/mol. The van der Waals surface area contributed by atoms with Crippen molar-refractivity contribution in [3.63, 3.8) is 0 Å². The zero-order valence-corrected chi connectivity index (χ0v) is 10.0. The maximum atomic E-state index is 11.6. The Morgan fingerprint density at radius 2 is 2.31 bits per heavy atom. The summed E-state index contributed by atoms with van der Waals surface area (Å²) in [6, 6.07) is 0. The first-order chi connectivity index (χ1) is 7.72. The van der Waals surface area contributed by atoms with Gasteiger partial charge in [-0.25, -0.2) is 4.79 Å². The zero-order chi connectivity index (χ0) is 11.6. The quantitative estimate of drug-likeness (QED) is 0.542. The molecule has 0 radical (unpaired) electrons. The van der Waals surface area contributed by atoms with Gasteiger partial charge in [0.05, 0.1) is 12.7 Å². The number of epoxide rings is 1. The summed E-state index contributed by atoms with van der Waals surface area (Å²) in [7, 11) is 0. The van der Waals surface area contributed by atoms with E-state index in [1.165, 1.54) is 0 Å². The molecule has 2 aliphatic rings. The highest BCUT2D eigenvalue weighted by atomic mass is 16.7. The molecule has 3 atom stereocenters. The second-order valence-electron chi connectivity index (χ2n) is 4.55. The first-order valence-corrected chi connectivity index (χ1v) is 6.18. The van der Waals surface area contributed by atoms with Gasteiger partial charge in [-0.3, -0.25) is 0 Å². The lowest BCUT2D eigenvalue weighted by Crippen LogP contribution is -2.35. The van der Waals surface area contributed by atoms with E-state index in [9.17, 15) is 4.79 Å². The Hall–Kier alpha value is -0.610. The molecule has 0 amide bonds. The topological polar surface area (TPSA) is 48.1 Å². The van der Waals surface area contributed by atoms with Crippen LogP contribution in [0.3, 0.4) is 0 Å². The van der Waals surface area contributed by atoms with Gasteiger partial charge in [-0.15, -0.1) is 0 Å². The number of hydrogen-bond acceptors (Lipinski definition) is 4. The van der Waals surface area contributed by atoms with Gasteiger partial charge in [0.2, 0.25) is 0 Å². The van der Waals surface area contributed by atoms with Gasteiger partial charge in [0.1, 0.15) is 5.60 Å². The first-order valence-electron chi connectivity index (χ1n) is 6.18. The minimum Gasteiger partial charge on any atom is -0.464 e. The molecule has 4 heteroatoms. The van der Waals surface area contributed by atoms with Crippen LogP contribution in [0.5, 0.6) is 0 Å². The third-order valence-electron chi connectivity index (χ3n) is 3.34. The van der Waals surface area contributed by atoms with Crippen LogP contribution in [0.25, 0.3) is 0 Å². The van der Waals surface area contributed by atoms with Gasteiger partial charge in [0, 0.05) is 19.4 Å². The molecule has 4 nitrogen and oxygen atoms in total. The van der Waals surface area contributed by atoms with Crippen LogP contribution in [0.4, 0.5) is 0 Å². The summed E-state index contributed by atoms with van der Waals surface area (Å²) in [5.74, 6) is -0.209. The standard InChI is InChI=1S/C12H20O4/c1-3-5-9-8-12(6-7-15-9)10(16-12)11(13)14-4-2/h9-10H,3-8H2,1-2H3. The molecule has 2 rings (SSSR count). The molecule has 2 fully saturated rings. The predicted molar refractivity (Wildman–Crippen MR) is 58.1 cm³/mol. The van der Waals surface area contributed by atoms with Gasteiger partial charge >= 0.3 is 5.97 Å². The SMILES string of the molecule is CCCC1CC2(CCO1)OC2C(=O)OCC. The van der Waals surface area contributed by atoms with E-state index in [4.69, 9.17) is 14.2 Å². The van der Waals surface area contributed by atoms with E-state index < -0.39 is 0 Å². The summed E-state index contributed by atoms with van der Waals surface area (Å²) in [4.78, 5) is 11.6. The summed E-state index contributed by atoms with van der Waals surface area (Å²) in [5, 5.41) is 0. The lowest BCUT2D eigenvalue weighted by Gasteiger charge is -2.27. The van der Waals surface area contributed by atoms with Crippen molar-refractivity contribution in [1.82, 2.24) is 0 Å². The summed E-state index contributed by atoms with van der Waals surface area (Å²) in [6.07, 6.45) is 3.71. The van der Waals surface area contributed by atoms with Crippen molar-refractivity contribution in [2.45, 2.75) is 57.3 Å². The van der Waals surface area contributed by atoms with Crippen molar-refractivity contribution in [3.8, 4) is 0 Å². The van der Waals surface area contributed by atoms with Crippen LogP contribution < -0.4 is 0 Å². The van der Waals surface area contributed by atoms with Crippen LogP contribution >= 0.6 is 0 Å². The number of ether oxygens (including phenoxy) is 3. The molecule has 92 valence electrons. The highest BCUT2D eigenvalue weighted by Gasteiger charge is 2.63. The van der Waals surface area contributed by atoms with E-state index in [1.807, 2.05) is 6.92 Å². The highest BCUT2D eigenvalue weighted by molar-refractivity contribution is 5.79. The molecule has 0 N–H and O–H groups in total. The second kappa shape index (κ2) is 4.72. The maximum Gasteiger partial charge on any atom is 0.338 e. The fourth-order valence-electron chi connectivity index (χ4n) is 2.48. The third kappa shape index (κ3) is 2.23. The van der Waals surface area contributed by atoms with Gasteiger partial charge in [0.15, 0.2) is 6.10 Å². The van der Waals surface area contributed by atoms with Gasteiger partial charge < -0.3 is 14.2 Å². The van der Waals surface area contributed by atoms with Crippen LogP contribution in [0.15, 0.2) is 0 Å². The molecule has 16 heavy (non-hydrogen) atoms. The minimum absolute atomic E-state index is 0.209. The van der Waals surface area contributed by atoms with Crippen LogP contribution in [-0.2, 0) is 19.0 Å². The number of hydrogen-bond donors (Lipinski definition) is 0. The molecule has 2 saturated heterocycles. The lowest BCUT2D eigenvalue weighted by molar-refractivity contribution is -0.144. The lowest BCUT2D eigenvalue weighted by atomic mass is 9.90. The van der Waals surface area contributed by atoms with E-state index in [-0.39, 0.29) is 23.8 Å². The average Bonchev–Trinajstić information content (AvgIpc) is 2.93. The van der Waals surface area contributed by atoms with Crippen LogP contribution in [0, 0.1) is 0 Å². The van der Waals surface area contributed by atoms with Crippen molar-refractivity contribution in [2.24, 2.45) is 0 Å². The number of esters is 1. The molecule has 0 aromatic rings. The predicted octanol–water partition coefficient (Wildman–Crippen LogP) is 1.67. The van der Waals surface area contributed by atoms with E-state index in [0.717, 1.165) is 25.7 Å². The van der Waals surface area contributed by atoms with Crippen molar-refractivity contribution in [2.75, 3.05) is 13.2 Å². The highest BCUT2D eigenvalue weighted by Crippen LogP contribution is 2.47. The van der Waals surface area contributed by atoms with Crippen molar-refractivity contribution in [3.05, 3.63) is 0 Å². The Bertz CT molecular complexity index is 264. The molecule has 1 spiro atoms. The van der Waals surface area contributed by atoms with E-state index in [1.54, 1.807) is 0 Å². The van der Waals surface area contributed by atoms with Crippen molar-refractivity contribution in [1.29, 1.82) is 0 Å². The number of carbonyl (C=O) groups is 1. The fraction of sp³-hybridized carbons (Fsp3) is 0.917. The normalized spacial score (nSPS) is 37.4. The zero-order valence-electron chi connectivity index (χ0n) is 10.0. The molecule has 0 aromatic carbocycles. The van der Waals surface area contributed by atoms with E-state index in [2.05, 4.69) is 6.92 Å². The Labute approximate surface area is 96.2 Å². The largest absolute Gasteiger partial charge is 0.464 e. The van der Waals surface area contributed by atoms with Gasteiger partial charge in [-0.05, 0) is 13.3 Å². The van der Waals surface area contributed by atoms with Crippen molar-refractivity contribution < 1.29 is 19.0 Å². The summed E-state index contributed by atoms with van der Waals surface area (Å²) >= 11 is 0. The number of rotatable bonds is 4. The smallest absolute Gasteiger partial charge is 0.338 e. The number of carbonyl (C=O) groups excluding carboxylic acids is 1. The molecule has 2 heterocycles. The fourth-order valence-corrected chi connectivity index (χ4v) is 2.48. The van der Waals surface area contributed by atoms with Gasteiger partial charge in [-0.1, -0.05) is 13.3 Å². The Morgan fingerprint density at radius 1 is 1.50 bits per heavy atom. The van der Waals surface area contributed by atoms with Gasteiger partial charge in [-0.2, -0.15) is 0 Å². The second-order valence-corrected chi connectivity index (χ2v) is 4.55. The van der Waals surface area contributed by atoms with E-state index in [0.29, 0.717) is 13.2 Å². The molecule has 2 aliphatic heterocycles. The summed E-state index contributed by atoms with van der Waals surface area (Å²) in [5.41, 5.74) is -0.260.